The summed E-state index contributed by atoms with van der Waals surface area (Å²) in [7, 11) is 0. The summed E-state index contributed by atoms with van der Waals surface area (Å²) < 4.78 is 1.59. The number of Topliss-reactive ketones (excluding diaryl/α,β-unsaturated/α-hetero) is 2. The van der Waals surface area contributed by atoms with Crippen LogP contribution in [-0.4, -0.2) is 31.9 Å². The molecule has 0 aliphatic rings. The first kappa shape index (κ1) is 22.7. The van der Waals surface area contributed by atoms with Crippen LogP contribution in [0.15, 0.2) is 52.4 Å². The highest BCUT2D eigenvalue weighted by atomic mass is 32.2. The second kappa shape index (κ2) is 8.83. The van der Waals surface area contributed by atoms with E-state index < -0.39 is 0 Å². The molecule has 0 fully saturated rings. The quantitative estimate of drug-likeness (QED) is 0.246. The summed E-state index contributed by atoms with van der Waals surface area (Å²) in [6, 6.07) is 13.1. The molecule has 0 saturated heterocycles. The van der Waals surface area contributed by atoms with Crippen LogP contribution in [0.25, 0.3) is 16.6 Å². The van der Waals surface area contributed by atoms with Gasteiger partial charge >= 0.3 is 0 Å². The van der Waals surface area contributed by atoms with Crippen molar-refractivity contribution in [2.75, 3.05) is 5.75 Å². The van der Waals surface area contributed by atoms with Crippen LogP contribution in [0.1, 0.15) is 50.2 Å². The van der Waals surface area contributed by atoms with E-state index in [-0.39, 0.29) is 22.9 Å². The standard InChI is InChI=1S/C26H25N3O3S/c1-14-10-11-21(15(2)12-14)29-25(32)19-8-6-7-9-20(19)28-26(29)33-13-22(31)24-16(3)23(18(5)30)17(4)27-24/h6-12,27H,13H2,1-5H3. The molecule has 6 nitrogen and oxygen atoms in total. The molecule has 0 saturated carbocycles. The van der Waals surface area contributed by atoms with E-state index in [4.69, 9.17) is 4.98 Å². The number of aryl methyl sites for hydroxylation is 3. The largest absolute Gasteiger partial charge is 0.355 e. The van der Waals surface area contributed by atoms with Gasteiger partial charge in [-0.05, 0) is 63.9 Å². The number of para-hydroxylation sites is 1. The molecule has 0 atom stereocenters. The number of hydrogen-bond donors (Lipinski definition) is 1. The summed E-state index contributed by atoms with van der Waals surface area (Å²) in [6.45, 7) is 9.02. The minimum absolute atomic E-state index is 0.0761. The van der Waals surface area contributed by atoms with Gasteiger partial charge in [-0.2, -0.15) is 0 Å². The van der Waals surface area contributed by atoms with Crippen LogP contribution in [0.2, 0.25) is 0 Å². The summed E-state index contributed by atoms with van der Waals surface area (Å²) in [5.74, 6) is -0.149. The van der Waals surface area contributed by atoms with Crippen LogP contribution in [0.4, 0.5) is 0 Å². The van der Waals surface area contributed by atoms with Gasteiger partial charge in [0.25, 0.3) is 5.56 Å². The van der Waals surface area contributed by atoms with E-state index in [1.54, 1.807) is 30.5 Å². The summed E-state index contributed by atoms with van der Waals surface area (Å²) in [5, 5.41) is 0.974. The fourth-order valence-corrected chi connectivity index (χ4v) is 5.11. The van der Waals surface area contributed by atoms with Crippen molar-refractivity contribution in [2.45, 2.75) is 39.8 Å². The molecule has 0 spiro atoms. The van der Waals surface area contributed by atoms with Gasteiger partial charge < -0.3 is 4.98 Å². The highest BCUT2D eigenvalue weighted by Crippen LogP contribution is 2.26. The fraction of sp³-hybridized carbons (Fsp3) is 0.231. The second-order valence-electron chi connectivity index (χ2n) is 8.24. The minimum atomic E-state index is -0.173. The maximum Gasteiger partial charge on any atom is 0.266 e. The van der Waals surface area contributed by atoms with Crippen LogP contribution in [0.5, 0.6) is 0 Å². The Morgan fingerprint density at radius 3 is 2.45 bits per heavy atom. The number of H-pyrrole nitrogens is 1. The van der Waals surface area contributed by atoms with Crippen LogP contribution < -0.4 is 5.56 Å². The SMILES string of the molecule is CC(=O)c1c(C)[nH]c(C(=O)CSc2nc3ccccc3c(=O)n2-c2ccc(C)cc2C)c1C. The summed E-state index contributed by atoms with van der Waals surface area (Å²) >= 11 is 1.22. The van der Waals surface area contributed by atoms with Crippen molar-refractivity contribution in [1.29, 1.82) is 0 Å². The van der Waals surface area contributed by atoms with E-state index in [0.29, 0.717) is 38.6 Å². The number of hydrogen-bond acceptors (Lipinski definition) is 5. The lowest BCUT2D eigenvalue weighted by Crippen LogP contribution is -2.23. The molecule has 0 unspecified atom stereocenters. The second-order valence-corrected chi connectivity index (χ2v) is 9.18. The van der Waals surface area contributed by atoms with Gasteiger partial charge in [-0.1, -0.05) is 41.6 Å². The molecule has 7 heteroatoms. The third kappa shape index (κ3) is 4.16. The van der Waals surface area contributed by atoms with Gasteiger partial charge in [-0.3, -0.25) is 19.0 Å². The zero-order valence-corrected chi connectivity index (χ0v) is 20.1. The van der Waals surface area contributed by atoms with E-state index in [9.17, 15) is 14.4 Å². The van der Waals surface area contributed by atoms with Gasteiger partial charge in [-0.15, -0.1) is 0 Å². The molecule has 0 bridgehead atoms. The highest BCUT2D eigenvalue weighted by Gasteiger charge is 2.21. The molecular formula is C26H25N3O3S. The third-order valence-electron chi connectivity index (χ3n) is 5.74. The van der Waals surface area contributed by atoms with E-state index in [1.807, 2.05) is 44.2 Å². The third-order valence-corrected chi connectivity index (χ3v) is 6.68. The molecular weight excluding hydrogens is 434 g/mol. The van der Waals surface area contributed by atoms with Crippen molar-refractivity contribution in [3.63, 3.8) is 0 Å². The van der Waals surface area contributed by atoms with Crippen molar-refractivity contribution in [3.05, 3.63) is 86.5 Å². The molecule has 0 radical (unpaired) electrons. The topological polar surface area (TPSA) is 84.8 Å². The number of fused-ring (bicyclic) bond motifs is 1. The van der Waals surface area contributed by atoms with Crippen LogP contribution >= 0.6 is 11.8 Å². The van der Waals surface area contributed by atoms with E-state index in [0.717, 1.165) is 16.8 Å². The van der Waals surface area contributed by atoms with Gasteiger partial charge in [0.15, 0.2) is 16.7 Å². The number of aromatic amines is 1. The monoisotopic (exact) mass is 459 g/mol. The maximum atomic E-state index is 13.5. The first-order chi connectivity index (χ1) is 15.7. The Bertz CT molecular complexity index is 1480. The Kier molecular flexibility index (Phi) is 6.08. The predicted octanol–water partition coefficient (Wildman–Crippen LogP) is 5.13. The molecule has 2 aromatic heterocycles. The number of ketones is 2. The molecule has 2 aromatic carbocycles. The van der Waals surface area contributed by atoms with Gasteiger partial charge in [0.2, 0.25) is 0 Å². The average Bonchev–Trinajstić information content (AvgIpc) is 3.07. The van der Waals surface area contributed by atoms with Gasteiger partial charge in [-0.25, -0.2) is 4.98 Å². The molecule has 4 aromatic rings. The lowest BCUT2D eigenvalue weighted by atomic mass is 10.1. The predicted molar refractivity (Wildman–Crippen MR) is 132 cm³/mol. The van der Waals surface area contributed by atoms with Gasteiger partial charge in [0.1, 0.15) is 0 Å². The first-order valence-corrected chi connectivity index (χ1v) is 11.6. The average molecular weight is 460 g/mol. The first-order valence-electron chi connectivity index (χ1n) is 10.6. The lowest BCUT2D eigenvalue weighted by molar-refractivity contribution is 0.101. The summed E-state index contributed by atoms with van der Waals surface area (Å²) in [6.07, 6.45) is 0. The summed E-state index contributed by atoms with van der Waals surface area (Å²) in [5.41, 5.74) is 5.52. The van der Waals surface area contributed by atoms with Crippen LogP contribution in [0.3, 0.4) is 0 Å². The van der Waals surface area contributed by atoms with Crippen molar-refractivity contribution in [1.82, 2.24) is 14.5 Å². The van der Waals surface area contributed by atoms with E-state index in [2.05, 4.69) is 4.98 Å². The van der Waals surface area contributed by atoms with Crippen LogP contribution in [-0.2, 0) is 0 Å². The van der Waals surface area contributed by atoms with Gasteiger partial charge in [0.05, 0.1) is 28.0 Å². The molecule has 4 rings (SSSR count). The fourth-order valence-electron chi connectivity index (χ4n) is 4.24. The Balaban J connectivity index is 1.78. The molecule has 168 valence electrons. The van der Waals surface area contributed by atoms with Crippen molar-refractivity contribution >= 4 is 34.2 Å². The summed E-state index contributed by atoms with van der Waals surface area (Å²) in [4.78, 5) is 46.2. The number of aromatic nitrogens is 3. The molecule has 0 aliphatic heterocycles. The Morgan fingerprint density at radius 2 is 1.79 bits per heavy atom. The Labute approximate surface area is 196 Å². The number of thioether (sulfide) groups is 1. The Morgan fingerprint density at radius 1 is 1.06 bits per heavy atom. The Hall–Kier alpha value is -3.45. The highest BCUT2D eigenvalue weighted by molar-refractivity contribution is 7.99. The molecule has 33 heavy (non-hydrogen) atoms. The zero-order valence-electron chi connectivity index (χ0n) is 19.3. The molecule has 0 aliphatic carbocycles. The number of nitrogens with one attached hydrogen (secondary N) is 1. The van der Waals surface area contributed by atoms with Crippen molar-refractivity contribution < 1.29 is 9.59 Å². The van der Waals surface area contributed by atoms with Crippen molar-refractivity contribution in [3.8, 4) is 5.69 Å². The number of nitrogens with zero attached hydrogens (tertiary/aromatic N) is 2. The van der Waals surface area contributed by atoms with E-state index >= 15 is 0 Å². The van der Waals surface area contributed by atoms with E-state index in [1.165, 1.54) is 18.7 Å². The van der Waals surface area contributed by atoms with Gasteiger partial charge in [0, 0.05) is 11.3 Å². The van der Waals surface area contributed by atoms with Crippen LogP contribution in [0, 0.1) is 27.7 Å². The zero-order chi connectivity index (χ0) is 23.9. The smallest absolute Gasteiger partial charge is 0.266 e. The molecule has 1 N–H and O–H groups in total. The number of rotatable bonds is 6. The maximum absolute atomic E-state index is 13.5. The number of benzene rings is 2. The lowest BCUT2D eigenvalue weighted by Gasteiger charge is -2.15. The number of carbonyl (C=O) groups excluding carboxylic acids is 2. The molecule has 0 amide bonds. The minimum Gasteiger partial charge on any atom is -0.355 e. The van der Waals surface area contributed by atoms with Crippen molar-refractivity contribution in [2.24, 2.45) is 0 Å². The normalized spacial score (nSPS) is 11.2. The molecule has 2 heterocycles. The number of carbonyl (C=O) groups is 2.